The number of para-hydroxylation sites is 2. The topological polar surface area (TPSA) is 46.3 Å². The second kappa shape index (κ2) is 3.18. The zero-order valence-corrected chi connectivity index (χ0v) is 7.40. The Kier molecular flexibility index (Phi) is 2.02. The Hall–Kier alpha value is -1.35. The van der Waals surface area contributed by atoms with Crippen molar-refractivity contribution in [1.82, 2.24) is 4.98 Å². The van der Waals surface area contributed by atoms with Crippen LogP contribution in [-0.4, -0.2) is 10.1 Å². The SMILES string of the molecule is CCC(O)c1nc2ccccc2o1. The summed E-state index contributed by atoms with van der Waals surface area (Å²) in [5, 5.41) is 9.47. The summed E-state index contributed by atoms with van der Waals surface area (Å²) in [6, 6.07) is 7.49. The zero-order valence-electron chi connectivity index (χ0n) is 7.40. The van der Waals surface area contributed by atoms with Gasteiger partial charge in [0.2, 0.25) is 5.89 Å². The van der Waals surface area contributed by atoms with Gasteiger partial charge >= 0.3 is 0 Å². The zero-order chi connectivity index (χ0) is 9.26. The van der Waals surface area contributed by atoms with Crippen LogP contribution in [0.1, 0.15) is 25.3 Å². The first-order chi connectivity index (χ1) is 6.31. The smallest absolute Gasteiger partial charge is 0.224 e. The van der Waals surface area contributed by atoms with Crippen molar-refractivity contribution in [1.29, 1.82) is 0 Å². The minimum absolute atomic E-state index is 0.406. The number of aromatic nitrogens is 1. The van der Waals surface area contributed by atoms with Crippen molar-refractivity contribution in [2.24, 2.45) is 0 Å². The van der Waals surface area contributed by atoms with Crippen molar-refractivity contribution in [2.75, 3.05) is 0 Å². The van der Waals surface area contributed by atoms with Crippen LogP contribution in [-0.2, 0) is 0 Å². The Labute approximate surface area is 76.0 Å². The van der Waals surface area contributed by atoms with Gasteiger partial charge in [0.15, 0.2) is 5.58 Å². The number of aliphatic hydroxyl groups excluding tert-OH is 1. The van der Waals surface area contributed by atoms with Gasteiger partial charge in [-0.05, 0) is 18.6 Å². The molecule has 0 aliphatic rings. The van der Waals surface area contributed by atoms with E-state index in [4.69, 9.17) is 4.42 Å². The van der Waals surface area contributed by atoms with Crippen LogP contribution in [0.2, 0.25) is 0 Å². The first-order valence-corrected chi connectivity index (χ1v) is 4.35. The number of nitrogens with zero attached hydrogens (tertiary/aromatic N) is 1. The van der Waals surface area contributed by atoms with Crippen molar-refractivity contribution in [3.63, 3.8) is 0 Å². The lowest BCUT2D eigenvalue weighted by Crippen LogP contribution is -1.94. The van der Waals surface area contributed by atoms with Gasteiger partial charge in [-0.25, -0.2) is 4.98 Å². The molecule has 0 saturated heterocycles. The predicted octanol–water partition coefficient (Wildman–Crippen LogP) is 2.27. The van der Waals surface area contributed by atoms with E-state index in [9.17, 15) is 5.11 Å². The molecule has 68 valence electrons. The van der Waals surface area contributed by atoms with Crippen LogP contribution in [0.25, 0.3) is 11.1 Å². The fraction of sp³-hybridized carbons (Fsp3) is 0.300. The molecule has 3 nitrogen and oxygen atoms in total. The molecule has 0 radical (unpaired) electrons. The first-order valence-electron chi connectivity index (χ1n) is 4.35. The lowest BCUT2D eigenvalue weighted by molar-refractivity contribution is 0.142. The van der Waals surface area contributed by atoms with Crippen molar-refractivity contribution in [3.8, 4) is 0 Å². The molecule has 1 atom stereocenters. The Bertz CT molecular complexity index is 375. The molecule has 1 unspecified atom stereocenters. The molecule has 0 amide bonds. The minimum Gasteiger partial charge on any atom is -0.438 e. The summed E-state index contributed by atoms with van der Waals surface area (Å²) >= 11 is 0. The predicted molar refractivity (Wildman–Crippen MR) is 49.3 cm³/mol. The average Bonchev–Trinajstić information content (AvgIpc) is 2.59. The van der Waals surface area contributed by atoms with Gasteiger partial charge in [0.05, 0.1) is 0 Å². The van der Waals surface area contributed by atoms with E-state index in [1.54, 1.807) is 0 Å². The van der Waals surface area contributed by atoms with E-state index in [1.165, 1.54) is 0 Å². The monoisotopic (exact) mass is 177 g/mol. The molecule has 1 heterocycles. The highest BCUT2D eigenvalue weighted by atomic mass is 16.4. The van der Waals surface area contributed by atoms with Crippen molar-refractivity contribution >= 4 is 11.1 Å². The van der Waals surface area contributed by atoms with Gasteiger partial charge in [-0.2, -0.15) is 0 Å². The van der Waals surface area contributed by atoms with Crippen LogP contribution >= 0.6 is 0 Å². The van der Waals surface area contributed by atoms with Crippen LogP contribution < -0.4 is 0 Å². The van der Waals surface area contributed by atoms with Gasteiger partial charge in [0.1, 0.15) is 11.6 Å². The van der Waals surface area contributed by atoms with E-state index in [0.29, 0.717) is 12.3 Å². The molecule has 0 bridgehead atoms. The molecular weight excluding hydrogens is 166 g/mol. The third kappa shape index (κ3) is 1.42. The summed E-state index contributed by atoms with van der Waals surface area (Å²) in [6.07, 6.45) is 0.0275. The van der Waals surface area contributed by atoms with E-state index in [0.717, 1.165) is 11.1 Å². The second-order valence-corrected chi connectivity index (χ2v) is 2.94. The quantitative estimate of drug-likeness (QED) is 0.765. The van der Waals surface area contributed by atoms with Gasteiger partial charge in [0, 0.05) is 0 Å². The maximum absolute atomic E-state index is 9.47. The Morgan fingerprint density at radius 2 is 2.23 bits per heavy atom. The fourth-order valence-corrected chi connectivity index (χ4v) is 1.21. The summed E-state index contributed by atoms with van der Waals surface area (Å²) in [5.41, 5.74) is 1.52. The number of rotatable bonds is 2. The van der Waals surface area contributed by atoms with Crippen LogP contribution in [0, 0.1) is 0 Å². The number of benzene rings is 1. The van der Waals surface area contributed by atoms with Gasteiger partial charge in [-0.1, -0.05) is 19.1 Å². The van der Waals surface area contributed by atoms with Crippen LogP contribution in [0.15, 0.2) is 28.7 Å². The number of hydrogen-bond donors (Lipinski definition) is 1. The summed E-state index contributed by atoms with van der Waals surface area (Å²) in [4.78, 5) is 4.17. The number of fused-ring (bicyclic) bond motifs is 1. The van der Waals surface area contributed by atoms with Crippen molar-refractivity contribution in [3.05, 3.63) is 30.2 Å². The highest BCUT2D eigenvalue weighted by molar-refractivity contribution is 5.72. The van der Waals surface area contributed by atoms with E-state index in [2.05, 4.69) is 4.98 Å². The number of hydrogen-bond acceptors (Lipinski definition) is 3. The molecule has 1 aromatic carbocycles. The standard InChI is InChI=1S/C10H11NO2/c1-2-8(12)10-11-7-5-3-4-6-9(7)13-10/h3-6,8,12H,2H2,1H3. The fourth-order valence-electron chi connectivity index (χ4n) is 1.21. The van der Waals surface area contributed by atoms with Gasteiger partial charge in [-0.3, -0.25) is 0 Å². The highest BCUT2D eigenvalue weighted by Crippen LogP contribution is 2.21. The normalized spacial score (nSPS) is 13.4. The maximum Gasteiger partial charge on any atom is 0.224 e. The largest absolute Gasteiger partial charge is 0.438 e. The molecule has 2 rings (SSSR count). The minimum atomic E-state index is -0.590. The number of aliphatic hydroxyl groups is 1. The van der Waals surface area contributed by atoms with Gasteiger partial charge in [0.25, 0.3) is 0 Å². The molecule has 0 aliphatic heterocycles. The lowest BCUT2D eigenvalue weighted by atomic mass is 10.3. The Morgan fingerprint density at radius 3 is 2.92 bits per heavy atom. The van der Waals surface area contributed by atoms with Gasteiger partial charge in [-0.15, -0.1) is 0 Å². The molecule has 1 aromatic heterocycles. The van der Waals surface area contributed by atoms with Crippen LogP contribution in [0.5, 0.6) is 0 Å². The maximum atomic E-state index is 9.47. The van der Waals surface area contributed by atoms with Crippen molar-refractivity contribution in [2.45, 2.75) is 19.4 Å². The molecule has 0 spiro atoms. The summed E-state index contributed by atoms with van der Waals surface area (Å²) in [5.74, 6) is 0.406. The summed E-state index contributed by atoms with van der Waals surface area (Å²) < 4.78 is 5.36. The van der Waals surface area contributed by atoms with E-state index >= 15 is 0 Å². The lowest BCUT2D eigenvalue weighted by Gasteiger charge is -1.99. The second-order valence-electron chi connectivity index (χ2n) is 2.94. The molecule has 0 saturated carbocycles. The third-order valence-electron chi connectivity index (χ3n) is 1.98. The highest BCUT2D eigenvalue weighted by Gasteiger charge is 2.12. The molecule has 13 heavy (non-hydrogen) atoms. The molecular formula is C10H11NO2. The van der Waals surface area contributed by atoms with E-state index < -0.39 is 6.10 Å². The summed E-state index contributed by atoms with van der Waals surface area (Å²) in [7, 11) is 0. The van der Waals surface area contributed by atoms with E-state index in [1.807, 2.05) is 31.2 Å². The Balaban J connectivity index is 2.49. The van der Waals surface area contributed by atoms with Gasteiger partial charge < -0.3 is 9.52 Å². The van der Waals surface area contributed by atoms with Crippen LogP contribution in [0.4, 0.5) is 0 Å². The molecule has 1 N–H and O–H groups in total. The molecule has 0 aliphatic carbocycles. The molecule has 2 aromatic rings. The Morgan fingerprint density at radius 1 is 1.46 bits per heavy atom. The molecule has 3 heteroatoms. The number of oxazole rings is 1. The van der Waals surface area contributed by atoms with Crippen molar-refractivity contribution < 1.29 is 9.52 Å². The third-order valence-corrected chi connectivity index (χ3v) is 1.98. The summed E-state index contributed by atoms with van der Waals surface area (Å²) in [6.45, 7) is 1.89. The molecule has 0 fully saturated rings. The van der Waals surface area contributed by atoms with E-state index in [-0.39, 0.29) is 0 Å². The van der Waals surface area contributed by atoms with Crippen LogP contribution in [0.3, 0.4) is 0 Å². The average molecular weight is 177 g/mol. The first kappa shape index (κ1) is 8.26.